The number of rotatable bonds is 6. The van der Waals surface area contributed by atoms with E-state index in [1.807, 2.05) is 13.8 Å². The molecule has 6 heteroatoms. The van der Waals surface area contributed by atoms with E-state index in [-0.39, 0.29) is 30.8 Å². The van der Waals surface area contributed by atoms with E-state index in [2.05, 4.69) is 10.6 Å². The molecule has 0 bridgehead atoms. The van der Waals surface area contributed by atoms with Gasteiger partial charge in [-0.2, -0.15) is 0 Å². The molecule has 0 heterocycles. The lowest BCUT2D eigenvalue weighted by Crippen LogP contribution is -2.47. The number of carbonyl (C=O) groups excluding carboxylic acids is 2. The van der Waals surface area contributed by atoms with Gasteiger partial charge in [-0.15, -0.1) is 0 Å². The van der Waals surface area contributed by atoms with Gasteiger partial charge in [0.1, 0.15) is 0 Å². The van der Waals surface area contributed by atoms with Crippen LogP contribution < -0.4 is 10.6 Å². The highest BCUT2D eigenvalue weighted by atomic mass is 35.5. The van der Waals surface area contributed by atoms with E-state index in [0.29, 0.717) is 10.6 Å². The molecule has 1 atom stereocenters. The summed E-state index contributed by atoms with van der Waals surface area (Å²) < 4.78 is 0. The van der Waals surface area contributed by atoms with Crippen LogP contribution in [0, 0.1) is 5.92 Å². The zero-order valence-corrected chi connectivity index (χ0v) is 13.2. The van der Waals surface area contributed by atoms with Gasteiger partial charge in [0.2, 0.25) is 5.91 Å². The summed E-state index contributed by atoms with van der Waals surface area (Å²) in [6.45, 7) is 5.37. The maximum atomic E-state index is 11.8. The van der Waals surface area contributed by atoms with Crippen LogP contribution in [-0.2, 0) is 4.79 Å². The van der Waals surface area contributed by atoms with Gasteiger partial charge in [0.25, 0.3) is 5.91 Å². The maximum Gasteiger partial charge on any atom is 0.251 e. The van der Waals surface area contributed by atoms with Crippen molar-refractivity contribution in [1.29, 1.82) is 0 Å². The fraction of sp³-hybridized carbons (Fsp3) is 0.467. The van der Waals surface area contributed by atoms with Crippen molar-refractivity contribution in [3.8, 4) is 0 Å². The number of amides is 2. The van der Waals surface area contributed by atoms with Crippen LogP contribution in [0.2, 0.25) is 5.02 Å². The molecule has 1 rings (SSSR count). The average Bonchev–Trinajstić information content (AvgIpc) is 2.42. The molecule has 1 aromatic carbocycles. The summed E-state index contributed by atoms with van der Waals surface area (Å²) in [6.07, 6.45) is 0. The van der Waals surface area contributed by atoms with Crippen LogP contribution in [0.3, 0.4) is 0 Å². The number of nitrogens with one attached hydrogen (secondary N) is 2. The van der Waals surface area contributed by atoms with E-state index in [1.165, 1.54) is 6.07 Å². The Bertz CT molecular complexity index is 515. The van der Waals surface area contributed by atoms with Gasteiger partial charge in [-0.1, -0.05) is 31.5 Å². The molecular formula is C15H21ClN2O3. The second-order valence-electron chi connectivity index (χ2n) is 5.48. The second-order valence-corrected chi connectivity index (χ2v) is 5.92. The van der Waals surface area contributed by atoms with Crippen molar-refractivity contribution in [1.82, 2.24) is 10.6 Å². The van der Waals surface area contributed by atoms with E-state index in [4.69, 9.17) is 11.6 Å². The Morgan fingerprint density at radius 3 is 2.57 bits per heavy atom. The highest BCUT2D eigenvalue weighted by Crippen LogP contribution is 2.14. The van der Waals surface area contributed by atoms with E-state index >= 15 is 0 Å². The molecule has 0 fully saturated rings. The first kappa shape index (κ1) is 17.5. The monoisotopic (exact) mass is 312 g/mol. The van der Waals surface area contributed by atoms with E-state index in [1.54, 1.807) is 25.1 Å². The number of aliphatic hydroxyl groups is 1. The first-order valence-corrected chi connectivity index (χ1v) is 7.13. The summed E-state index contributed by atoms with van der Waals surface area (Å²) in [4.78, 5) is 23.5. The molecule has 0 saturated carbocycles. The van der Waals surface area contributed by atoms with Crippen LogP contribution in [0.5, 0.6) is 0 Å². The number of hydrogen-bond donors (Lipinski definition) is 3. The molecule has 0 spiro atoms. The van der Waals surface area contributed by atoms with Gasteiger partial charge in [0, 0.05) is 17.1 Å². The smallest absolute Gasteiger partial charge is 0.251 e. The molecule has 1 unspecified atom stereocenters. The lowest BCUT2D eigenvalue weighted by molar-refractivity contribution is -0.121. The summed E-state index contributed by atoms with van der Waals surface area (Å²) in [6, 6.07) is 6.47. The molecule has 2 amide bonds. The van der Waals surface area contributed by atoms with Gasteiger partial charge < -0.3 is 15.7 Å². The summed E-state index contributed by atoms with van der Waals surface area (Å²) in [7, 11) is 0. The Balaban J connectivity index is 2.41. The number of benzene rings is 1. The van der Waals surface area contributed by atoms with Crippen LogP contribution in [0.25, 0.3) is 0 Å². The molecule has 0 aliphatic rings. The predicted octanol–water partition coefficient (Wildman–Crippen LogP) is 1.59. The standard InChI is InChI=1S/C15H21ClN2O3/c1-10(2)15(3,21)9-18-13(19)8-17-14(20)11-5-4-6-12(16)7-11/h4-7,10,21H,8-9H2,1-3H3,(H,17,20)(H,18,19). The number of hydrogen-bond acceptors (Lipinski definition) is 3. The Kier molecular flexibility index (Phi) is 6.18. The van der Waals surface area contributed by atoms with Crippen LogP contribution in [0.4, 0.5) is 0 Å². The summed E-state index contributed by atoms with van der Waals surface area (Å²) >= 11 is 5.79. The normalized spacial score (nSPS) is 13.6. The topological polar surface area (TPSA) is 78.4 Å². The Morgan fingerprint density at radius 2 is 2.00 bits per heavy atom. The highest BCUT2D eigenvalue weighted by molar-refractivity contribution is 6.30. The zero-order chi connectivity index (χ0) is 16.0. The average molecular weight is 313 g/mol. The van der Waals surface area contributed by atoms with E-state index in [9.17, 15) is 14.7 Å². The lowest BCUT2D eigenvalue weighted by atomic mass is 9.92. The van der Waals surface area contributed by atoms with E-state index < -0.39 is 5.60 Å². The lowest BCUT2D eigenvalue weighted by Gasteiger charge is -2.27. The zero-order valence-electron chi connectivity index (χ0n) is 12.4. The third-order valence-corrected chi connectivity index (χ3v) is 3.62. The molecule has 116 valence electrons. The third kappa shape index (κ3) is 5.73. The van der Waals surface area contributed by atoms with Crippen LogP contribution >= 0.6 is 11.6 Å². The number of halogens is 1. The maximum absolute atomic E-state index is 11.8. The fourth-order valence-corrected chi connectivity index (χ4v) is 1.63. The van der Waals surface area contributed by atoms with Gasteiger partial charge in [-0.05, 0) is 31.0 Å². The first-order chi connectivity index (χ1) is 9.72. The molecule has 0 radical (unpaired) electrons. The fourth-order valence-electron chi connectivity index (χ4n) is 1.44. The van der Waals surface area contributed by atoms with Crippen LogP contribution in [0.15, 0.2) is 24.3 Å². The summed E-state index contributed by atoms with van der Waals surface area (Å²) in [5.41, 5.74) is -0.587. The molecule has 21 heavy (non-hydrogen) atoms. The van der Waals surface area contributed by atoms with Gasteiger partial charge >= 0.3 is 0 Å². The van der Waals surface area contributed by atoms with Crippen molar-refractivity contribution in [2.75, 3.05) is 13.1 Å². The minimum atomic E-state index is -0.980. The van der Waals surface area contributed by atoms with Crippen molar-refractivity contribution in [3.63, 3.8) is 0 Å². The molecule has 3 N–H and O–H groups in total. The van der Waals surface area contributed by atoms with Gasteiger partial charge in [0.15, 0.2) is 0 Å². The third-order valence-electron chi connectivity index (χ3n) is 3.38. The minimum Gasteiger partial charge on any atom is -0.388 e. The molecule has 5 nitrogen and oxygen atoms in total. The molecular weight excluding hydrogens is 292 g/mol. The van der Waals surface area contributed by atoms with Gasteiger partial charge in [0.05, 0.1) is 12.1 Å². The summed E-state index contributed by atoms with van der Waals surface area (Å²) in [5.74, 6) is -0.714. The quantitative estimate of drug-likeness (QED) is 0.746. The van der Waals surface area contributed by atoms with Crippen molar-refractivity contribution in [2.45, 2.75) is 26.4 Å². The number of carbonyl (C=O) groups is 2. The molecule has 0 saturated heterocycles. The minimum absolute atomic E-state index is 0.0128. The van der Waals surface area contributed by atoms with Crippen molar-refractivity contribution >= 4 is 23.4 Å². The van der Waals surface area contributed by atoms with E-state index in [0.717, 1.165) is 0 Å². The highest BCUT2D eigenvalue weighted by Gasteiger charge is 2.25. The molecule has 0 aliphatic heterocycles. The SMILES string of the molecule is CC(C)C(C)(O)CNC(=O)CNC(=O)c1cccc(Cl)c1. The van der Waals surface area contributed by atoms with Crippen LogP contribution in [-0.4, -0.2) is 35.6 Å². The molecule has 0 aromatic heterocycles. The predicted molar refractivity (Wildman–Crippen MR) is 82.3 cm³/mol. The van der Waals surface area contributed by atoms with Crippen molar-refractivity contribution in [2.24, 2.45) is 5.92 Å². The summed E-state index contributed by atoms with van der Waals surface area (Å²) in [5, 5.41) is 15.6. The van der Waals surface area contributed by atoms with Gasteiger partial charge in [-0.3, -0.25) is 9.59 Å². The Labute approximate surface area is 129 Å². The second kappa shape index (κ2) is 7.43. The molecule has 1 aromatic rings. The Morgan fingerprint density at radius 1 is 1.33 bits per heavy atom. The van der Waals surface area contributed by atoms with Crippen LogP contribution in [0.1, 0.15) is 31.1 Å². The van der Waals surface area contributed by atoms with Crippen molar-refractivity contribution in [3.05, 3.63) is 34.9 Å². The molecule has 0 aliphatic carbocycles. The Hall–Kier alpha value is -1.59. The van der Waals surface area contributed by atoms with Gasteiger partial charge in [-0.25, -0.2) is 0 Å². The van der Waals surface area contributed by atoms with Crippen molar-refractivity contribution < 1.29 is 14.7 Å². The largest absolute Gasteiger partial charge is 0.388 e. The first-order valence-electron chi connectivity index (χ1n) is 6.75.